The Morgan fingerprint density at radius 1 is 0.561 bits per heavy atom. The summed E-state index contributed by atoms with van der Waals surface area (Å²) in [5.41, 5.74) is 0.889. The molecular weight excluding hydrogens is 541 g/mol. The van der Waals surface area contributed by atoms with Crippen molar-refractivity contribution in [3.63, 3.8) is 0 Å². The van der Waals surface area contributed by atoms with Crippen LogP contribution < -0.4 is 0 Å². The molecular formula is C34H33F7. The summed E-state index contributed by atoms with van der Waals surface area (Å²) in [5, 5.41) is 0.995. The molecule has 0 aliphatic carbocycles. The molecule has 0 saturated heterocycles. The first-order valence-electron chi connectivity index (χ1n) is 14.1. The minimum atomic E-state index is -4.77. The summed E-state index contributed by atoms with van der Waals surface area (Å²) in [6.45, 7) is 2.14. The SMILES string of the molecule is CCCCCCCc1cc(F)c(CCc2ccc3c(F)c(CCc4ccc(C(F)(F)F)c(F)c4)ccc3c2)c(F)c1. The molecule has 0 bridgehead atoms. The fourth-order valence-corrected chi connectivity index (χ4v) is 5.20. The second-order valence-electron chi connectivity index (χ2n) is 10.6. The van der Waals surface area contributed by atoms with Crippen LogP contribution in [0.15, 0.2) is 60.7 Å². The lowest BCUT2D eigenvalue weighted by Crippen LogP contribution is -2.08. The first kappa shape index (κ1) is 30.6. The van der Waals surface area contributed by atoms with E-state index in [1.807, 2.05) is 0 Å². The zero-order chi connectivity index (χ0) is 29.6. The average molecular weight is 575 g/mol. The Hall–Kier alpha value is -3.35. The molecule has 0 unspecified atom stereocenters. The summed E-state index contributed by atoms with van der Waals surface area (Å²) in [7, 11) is 0. The van der Waals surface area contributed by atoms with Crippen molar-refractivity contribution >= 4 is 10.8 Å². The predicted molar refractivity (Wildman–Crippen MR) is 149 cm³/mol. The van der Waals surface area contributed by atoms with Gasteiger partial charge >= 0.3 is 6.18 Å². The van der Waals surface area contributed by atoms with Crippen LogP contribution in [0.25, 0.3) is 10.8 Å². The standard InChI is InChI=1S/C34H33F7/c1-2-3-4-5-6-7-24-20-30(35)28(31(36)21-24)16-10-22-9-15-27-26(18-22)14-13-25(33(27)38)12-8-23-11-17-29(32(37)19-23)34(39,40)41/h9,11,13-15,17-21H,2-8,10,12,16H2,1H3. The molecule has 0 nitrogen and oxygen atoms in total. The largest absolute Gasteiger partial charge is 0.419 e. The number of fused-ring (bicyclic) bond motifs is 1. The van der Waals surface area contributed by atoms with Crippen molar-refractivity contribution < 1.29 is 30.7 Å². The van der Waals surface area contributed by atoms with Crippen LogP contribution in [0.4, 0.5) is 30.7 Å². The normalized spacial score (nSPS) is 11.9. The van der Waals surface area contributed by atoms with Crippen molar-refractivity contribution in [1.29, 1.82) is 0 Å². The first-order valence-corrected chi connectivity index (χ1v) is 14.1. The maximum absolute atomic E-state index is 15.2. The zero-order valence-corrected chi connectivity index (χ0v) is 23.0. The monoisotopic (exact) mass is 574 g/mol. The van der Waals surface area contributed by atoms with Crippen LogP contribution in [0.5, 0.6) is 0 Å². The number of unbranched alkanes of at least 4 members (excludes halogenated alkanes) is 4. The molecule has 41 heavy (non-hydrogen) atoms. The Morgan fingerprint density at radius 3 is 1.88 bits per heavy atom. The Kier molecular flexibility index (Phi) is 10.1. The number of aryl methyl sites for hydroxylation is 4. The van der Waals surface area contributed by atoms with Gasteiger partial charge in [-0.3, -0.25) is 0 Å². The van der Waals surface area contributed by atoms with Crippen LogP contribution in [-0.4, -0.2) is 0 Å². The molecule has 4 aromatic rings. The first-order chi connectivity index (χ1) is 19.6. The van der Waals surface area contributed by atoms with Gasteiger partial charge in [0, 0.05) is 10.9 Å². The summed E-state index contributed by atoms with van der Waals surface area (Å²) in [5.74, 6) is -2.89. The molecule has 0 N–H and O–H groups in total. The Morgan fingerprint density at radius 2 is 1.20 bits per heavy atom. The van der Waals surface area contributed by atoms with Crippen molar-refractivity contribution in [2.75, 3.05) is 0 Å². The van der Waals surface area contributed by atoms with Gasteiger partial charge in [-0.2, -0.15) is 13.2 Å². The van der Waals surface area contributed by atoms with Crippen molar-refractivity contribution in [2.24, 2.45) is 0 Å². The third-order valence-corrected chi connectivity index (χ3v) is 7.55. The number of halogens is 7. The number of rotatable bonds is 12. The van der Waals surface area contributed by atoms with Gasteiger partial charge < -0.3 is 0 Å². The highest BCUT2D eigenvalue weighted by atomic mass is 19.4. The topological polar surface area (TPSA) is 0 Å². The fourth-order valence-electron chi connectivity index (χ4n) is 5.20. The average Bonchev–Trinajstić information content (AvgIpc) is 2.91. The minimum absolute atomic E-state index is 0.0426. The maximum atomic E-state index is 15.2. The summed E-state index contributed by atoms with van der Waals surface area (Å²) in [4.78, 5) is 0. The van der Waals surface area contributed by atoms with Gasteiger partial charge in [-0.25, -0.2) is 17.6 Å². The number of hydrogen-bond acceptors (Lipinski definition) is 0. The van der Waals surface area contributed by atoms with E-state index in [2.05, 4.69) is 6.92 Å². The third-order valence-electron chi connectivity index (χ3n) is 7.55. The smallest absolute Gasteiger partial charge is 0.207 e. The molecule has 0 fully saturated rings. The molecule has 0 spiro atoms. The number of hydrogen-bond donors (Lipinski definition) is 0. The van der Waals surface area contributed by atoms with Crippen molar-refractivity contribution in [2.45, 2.75) is 77.3 Å². The van der Waals surface area contributed by atoms with Gasteiger partial charge in [0.05, 0.1) is 5.56 Å². The molecule has 218 valence electrons. The fraction of sp³-hybridized carbons (Fsp3) is 0.353. The lowest BCUT2D eigenvalue weighted by Gasteiger charge is -2.11. The van der Waals surface area contributed by atoms with Gasteiger partial charge in [-0.1, -0.05) is 69.0 Å². The maximum Gasteiger partial charge on any atom is 0.419 e. The summed E-state index contributed by atoms with van der Waals surface area (Å²) < 4.78 is 96.9. The van der Waals surface area contributed by atoms with Gasteiger partial charge in [-0.05, 0) is 90.4 Å². The summed E-state index contributed by atoms with van der Waals surface area (Å²) in [6.07, 6.45) is 2.16. The number of benzene rings is 4. The lowest BCUT2D eigenvalue weighted by atomic mass is 9.96. The molecule has 4 aromatic carbocycles. The zero-order valence-electron chi connectivity index (χ0n) is 23.0. The lowest BCUT2D eigenvalue weighted by molar-refractivity contribution is -0.140. The highest BCUT2D eigenvalue weighted by molar-refractivity contribution is 5.84. The van der Waals surface area contributed by atoms with Crippen LogP contribution >= 0.6 is 0 Å². The predicted octanol–water partition coefficient (Wildman–Crippen LogP) is 10.5. The van der Waals surface area contributed by atoms with E-state index in [4.69, 9.17) is 0 Å². The molecule has 0 atom stereocenters. The molecule has 4 rings (SSSR count). The van der Waals surface area contributed by atoms with E-state index in [0.29, 0.717) is 46.4 Å². The van der Waals surface area contributed by atoms with Gasteiger partial charge in [0.1, 0.15) is 23.3 Å². The Balaban J connectivity index is 1.39. The van der Waals surface area contributed by atoms with E-state index in [0.717, 1.165) is 37.3 Å². The molecule has 7 heteroatoms. The van der Waals surface area contributed by atoms with E-state index >= 15 is 4.39 Å². The van der Waals surface area contributed by atoms with E-state index < -0.39 is 35.0 Å². The van der Waals surface area contributed by atoms with Crippen molar-refractivity contribution in [1.82, 2.24) is 0 Å². The second kappa shape index (κ2) is 13.5. The Bertz CT molecular complexity index is 1460. The Labute approximate surface area is 236 Å². The summed E-state index contributed by atoms with van der Waals surface area (Å²) >= 11 is 0. The van der Waals surface area contributed by atoms with Gasteiger partial charge in [-0.15, -0.1) is 0 Å². The van der Waals surface area contributed by atoms with E-state index in [-0.39, 0.29) is 24.8 Å². The molecule has 0 aliphatic heterocycles. The quantitative estimate of drug-likeness (QED) is 0.117. The highest BCUT2D eigenvalue weighted by Crippen LogP contribution is 2.32. The van der Waals surface area contributed by atoms with Gasteiger partial charge in [0.2, 0.25) is 0 Å². The van der Waals surface area contributed by atoms with Crippen molar-refractivity contribution in [3.05, 3.63) is 117 Å². The van der Waals surface area contributed by atoms with Crippen molar-refractivity contribution in [3.8, 4) is 0 Å². The highest BCUT2D eigenvalue weighted by Gasteiger charge is 2.33. The van der Waals surface area contributed by atoms with Crippen LogP contribution in [0, 0.1) is 23.3 Å². The van der Waals surface area contributed by atoms with E-state index in [1.165, 1.54) is 24.6 Å². The second-order valence-corrected chi connectivity index (χ2v) is 10.6. The molecule has 0 aromatic heterocycles. The molecule has 0 heterocycles. The minimum Gasteiger partial charge on any atom is -0.207 e. The van der Waals surface area contributed by atoms with Gasteiger partial charge in [0.15, 0.2) is 0 Å². The van der Waals surface area contributed by atoms with Crippen LogP contribution in [0.3, 0.4) is 0 Å². The molecule has 0 aliphatic rings. The van der Waals surface area contributed by atoms with Gasteiger partial charge in [0.25, 0.3) is 0 Å². The van der Waals surface area contributed by atoms with E-state index in [9.17, 15) is 26.3 Å². The summed E-state index contributed by atoms with van der Waals surface area (Å²) in [6, 6.07) is 14.1. The van der Waals surface area contributed by atoms with E-state index in [1.54, 1.807) is 30.3 Å². The van der Waals surface area contributed by atoms with Crippen LogP contribution in [-0.2, 0) is 38.3 Å². The third kappa shape index (κ3) is 7.90. The molecule has 0 radical (unpaired) electrons. The number of alkyl halides is 3. The van der Waals surface area contributed by atoms with Crippen LogP contribution in [0.2, 0.25) is 0 Å². The van der Waals surface area contributed by atoms with Crippen LogP contribution in [0.1, 0.15) is 72.4 Å². The molecule has 0 amide bonds. The molecule has 0 saturated carbocycles.